The zero-order valence-electron chi connectivity index (χ0n) is 11.5. The van der Waals surface area contributed by atoms with E-state index in [1.165, 1.54) is 19.2 Å². The van der Waals surface area contributed by atoms with Crippen LogP contribution in [0, 0.1) is 5.92 Å². The van der Waals surface area contributed by atoms with Gasteiger partial charge in [-0.3, -0.25) is 4.79 Å². The average molecular weight is 321 g/mol. The van der Waals surface area contributed by atoms with Crippen molar-refractivity contribution in [3.63, 3.8) is 0 Å². The second kappa shape index (κ2) is 7.01. The Labute approximate surface area is 123 Å². The van der Waals surface area contributed by atoms with Crippen LogP contribution in [0.1, 0.15) is 20.3 Å². The van der Waals surface area contributed by atoms with Crippen LogP contribution in [0.5, 0.6) is 0 Å². The molecule has 1 N–H and O–H groups in total. The molecule has 1 aromatic heterocycles. The molecule has 1 aromatic rings. The first-order valence-corrected chi connectivity index (χ1v) is 7.84. The third-order valence-electron chi connectivity index (χ3n) is 2.50. The molecule has 6 nitrogen and oxygen atoms in total. The van der Waals surface area contributed by atoms with Crippen LogP contribution in [0.15, 0.2) is 23.2 Å². The van der Waals surface area contributed by atoms with E-state index < -0.39 is 22.0 Å². The monoisotopic (exact) mass is 320 g/mol. The fourth-order valence-electron chi connectivity index (χ4n) is 1.58. The highest BCUT2D eigenvalue weighted by molar-refractivity contribution is 7.89. The normalized spacial score (nSPS) is 13.2. The average Bonchev–Trinajstić information content (AvgIpc) is 2.36. The van der Waals surface area contributed by atoms with Gasteiger partial charge in [-0.1, -0.05) is 25.4 Å². The summed E-state index contributed by atoms with van der Waals surface area (Å²) in [4.78, 5) is 15.3. The number of rotatable bonds is 6. The highest BCUT2D eigenvalue weighted by atomic mass is 35.5. The molecule has 0 saturated heterocycles. The Kier molecular flexibility index (Phi) is 5.91. The third-order valence-corrected chi connectivity index (χ3v) is 4.18. The predicted octanol–water partition coefficient (Wildman–Crippen LogP) is 1.60. The lowest BCUT2D eigenvalue weighted by atomic mass is 10.1. The maximum atomic E-state index is 12.2. The summed E-state index contributed by atoms with van der Waals surface area (Å²) in [6.45, 7) is 3.77. The van der Waals surface area contributed by atoms with Crippen molar-refractivity contribution in [2.24, 2.45) is 5.92 Å². The highest BCUT2D eigenvalue weighted by Gasteiger charge is 2.27. The molecule has 0 amide bonds. The van der Waals surface area contributed by atoms with Crippen LogP contribution in [-0.4, -0.2) is 32.5 Å². The molecular formula is C12H17ClN2O4S. The summed E-state index contributed by atoms with van der Waals surface area (Å²) in [5, 5.41) is 0.190. The smallest absolute Gasteiger partial charge is 0.323 e. The molecule has 1 heterocycles. The summed E-state index contributed by atoms with van der Waals surface area (Å²) in [7, 11) is -2.63. The number of methoxy groups -OCH3 is 1. The molecule has 1 rings (SSSR count). The number of esters is 1. The number of hydrogen-bond acceptors (Lipinski definition) is 5. The summed E-state index contributed by atoms with van der Waals surface area (Å²) in [5.74, 6) is -0.491. The van der Waals surface area contributed by atoms with Crippen LogP contribution in [0.2, 0.25) is 5.15 Å². The van der Waals surface area contributed by atoms with E-state index in [-0.39, 0.29) is 16.0 Å². The minimum Gasteiger partial charge on any atom is -0.468 e. The molecule has 0 aliphatic heterocycles. The number of carbonyl (C=O) groups is 1. The predicted molar refractivity (Wildman–Crippen MR) is 74.8 cm³/mol. The van der Waals surface area contributed by atoms with Crippen molar-refractivity contribution in [1.29, 1.82) is 0 Å². The van der Waals surface area contributed by atoms with Gasteiger partial charge in [0.15, 0.2) is 0 Å². The van der Waals surface area contributed by atoms with E-state index in [4.69, 9.17) is 11.6 Å². The van der Waals surface area contributed by atoms with Crippen molar-refractivity contribution in [2.45, 2.75) is 31.2 Å². The summed E-state index contributed by atoms with van der Waals surface area (Å²) in [6.07, 6.45) is 1.47. The van der Waals surface area contributed by atoms with Crippen LogP contribution < -0.4 is 4.72 Å². The van der Waals surface area contributed by atoms with E-state index in [0.29, 0.717) is 6.42 Å². The first kappa shape index (κ1) is 16.9. The van der Waals surface area contributed by atoms with Crippen molar-refractivity contribution < 1.29 is 17.9 Å². The Morgan fingerprint density at radius 2 is 2.10 bits per heavy atom. The van der Waals surface area contributed by atoms with E-state index in [2.05, 4.69) is 14.4 Å². The zero-order chi connectivity index (χ0) is 15.3. The number of aromatic nitrogens is 1. The third kappa shape index (κ3) is 4.73. The van der Waals surface area contributed by atoms with Crippen molar-refractivity contribution in [1.82, 2.24) is 9.71 Å². The molecule has 0 radical (unpaired) electrons. The van der Waals surface area contributed by atoms with Crippen molar-refractivity contribution in [3.8, 4) is 0 Å². The molecule has 0 saturated carbocycles. The Balaban J connectivity index is 2.96. The standard InChI is InChI=1S/C12H17ClN2O4S/c1-8(2)6-10(12(16)19-3)15-20(17,18)9-4-5-11(13)14-7-9/h4-5,7-8,10,15H,6H2,1-3H3. The number of ether oxygens (including phenoxy) is 1. The molecule has 8 heteroatoms. The van der Waals surface area contributed by atoms with Crippen molar-refractivity contribution >= 4 is 27.6 Å². The first-order valence-electron chi connectivity index (χ1n) is 5.98. The van der Waals surface area contributed by atoms with E-state index >= 15 is 0 Å². The summed E-state index contributed by atoms with van der Waals surface area (Å²) < 4.78 is 31.2. The number of nitrogens with zero attached hydrogens (tertiary/aromatic N) is 1. The maximum Gasteiger partial charge on any atom is 0.323 e. The molecule has 112 valence electrons. The number of pyridine rings is 1. The van der Waals surface area contributed by atoms with Gasteiger partial charge in [0, 0.05) is 6.20 Å². The molecule has 1 unspecified atom stereocenters. The van der Waals surface area contributed by atoms with E-state index in [1.54, 1.807) is 0 Å². The summed E-state index contributed by atoms with van der Waals surface area (Å²) in [6, 6.07) is 1.76. The largest absolute Gasteiger partial charge is 0.468 e. The fraction of sp³-hybridized carbons (Fsp3) is 0.500. The van der Waals surface area contributed by atoms with E-state index in [0.717, 1.165) is 6.20 Å². The van der Waals surface area contributed by atoms with Crippen LogP contribution in [0.3, 0.4) is 0 Å². The molecule has 0 bridgehead atoms. The number of nitrogens with one attached hydrogen (secondary N) is 1. The maximum absolute atomic E-state index is 12.2. The van der Waals surface area contributed by atoms with Crippen LogP contribution >= 0.6 is 11.6 Å². The highest BCUT2D eigenvalue weighted by Crippen LogP contribution is 2.14. The lowest BCUT2D eigenvalue weighted by Crippen LogP contribution is -2.42. The van der Waals surface area contributed by atoms with E-state index in [1.807, 2.05) is 13.8 Å². The van der Waals surface area contributed by atoms with Gasteiger partial charge >= 0.3 is 5.97 Å². The Morgan fingerprint density at radius 1 is 1.45 bits per heavy atom. The van der Waals surface area contributed by atoms with Crippen LogP contribution in [0.25, 0.3) is 0 Å². The number of halogens is 1. The molecule has 0 aromatic carbocycles. The van der Waals surface area contributed by atoms with Gasteiger partial charge in [-0.2, -0.15) is 4.72 Å². The molecule has 0 spiro atoms. The molecule has 0 aliphatic rings. The molecule has 0 fully saturated rings. The Bertz CT molecular complexity index is 557. The Hall–Kier alpha value is -1.18. The number of carbonyl (C=O) groups excluding carboxylic acids is 1. The minimum atomic E-state index is -3.85. The molecule has 1 atom stereocenters. The SMILES string of the molecule is COC(=O)C(CC(C)C)NS(=O)(=O)c1ccc(Cl)nc1. The lowest BCUT2D eigenvalue weighted by Gasteiger charge is -2.18. The van der Waals surface area contributed by atoms with Gasteiger partial charge in [0.2, 0.25) is 10.0 Å². The fourth-order valence-corrected chi connectivity index (χ4v) is 2.84. The van der Waals surface area contributed by atoms with Gasteiger partial charge in [0.25, 0.3) is 0 Å². The molecule has 0 aliphatic carbocycles. The van der Waals surface area contributed by atoms with Crippen LogP contribution in [-0.2, 0) is 19.6 Å². The van der Waals surface area contributed by atoms with Gasteiger partial charge in [0.05, 0.1) is 7.11 Å². The van der Waals surface area contributed by atoms with Crippen LogP contribution in [0.4, 0.5) is 0 Å². The second-order valence-corrected chi connectivity index (χ2v) is 6.74. The number of sulfonamides is 1. The van der Waals surface area contributed by atoms with E-state index in [9.17, 15) is 13.2 Å². The van der Waals surface area contributed by atoms with Gasteiger partial charge in [-0.15, -0.1) is 0 Å². The topological polar surface area (TPSA) is 85.4 Å². The van der Waals surface area contributed by atoms with Crippen molar-refractivity contribution in [2.75, 3.05) is 7.11 Å². The zero-order valence-corrected chi connectivity index (χ0v) is 13.0. The Morgan fingerprint density at radius 3 is 2.55 bits per heavy atom. The van der Waals surface area contributed by atoms with Gasteiger partial charge in [0.1, 0.15) is 16.1 Å². The van der Waals surface area contributed by atoms with Gasteiger partial charge in [-0.05, 0) is 24.5 Å². The summed E-state index contributed by atoms with van der Waals surface area (Å²) in [5.41, 5.74) is 0. The lowest BCUT2D eigenvalue weighted by molar-refractivity contribution is -0.143. The molecular weight excluding hydrogens is 304 g/mol. The minimum absolute atomic E-state index is 0.0560. The quantitative estimate of drug-likeness (QED) is 0.635. The summed E-state index contributed by atoms with van der Waals surface area (Å²) >= 11 is 5.61. The molecule has 20 heavy (non-hydrogen) atoms. The second-order valence-electron chi connectivity index (χ2n) is 4.64. The van der Waals surface area contributed by atoms with Gasteiger partial charge < -0.3 is 4.74 Å². The number of hydrogen-bond donors (Lipinski definition) is 1. The van der Waals surface area contributed by atoms with Crippen molar-refractivity contribution in [3.05, 3.63) is 23.5 Å². The first-order chi connectivity index (χ1) is 9.26. The van der Waals surface area contributed by atoms with Gasteiger partial charge in [-0.25, -0.2) is 13.4 Å².